The van der Waals surface area contributed by atoms with Gasteiger partial charge in [0.05, 0.1) is 13.2 Å². The van der Waals surface area contributed by atoms with Gasteiger partial charge in [0.1, 0.15) is 31.1 Å². The molecule has 66 heavy (non-hydrogen) atoms. The molecule has 3 aromatic rings. The summed E-state index contributed by atoms with van der Waals surface area (Å²) in [6.45, 7) is 9.59. The third-order valence-electron chi connectivity index (χ3n) is 10.1. The molecule has 2 aromatic carbocycles. The molecule has 2 heterocycles. The van der Waals surface area contributed by atoms with E-state index in [2.05, 4.69) is 15.5 Å². The van der Waals surface area contributed by atoms with Gasteiger partial charge in [-0.3, -0.25) is 33.9 Å². The van der Waals surface area contributed by atoms with Crippen LogP contribution in [0.3, 0.4) is 0 Å². The molecule has 0 saturated carbocycles. The van der Waals surface area contributed by atoms with Crippen molar-refractivity contribution in [3.05, 3.63) is 76.5 Å². The highest BCUT2D eigenvalue weighted by molar-refractivity contribution is 5.86. The number of H-pyrrole nitrogens is 1. The average molecular weight is 926 g/mol. The Morgan fingerprint density at radius 2 is 1.55 bits per heavy atom. The Labute approximate surface area is 381 Å². The monoisotopic (exact) mass is 925 g/mol. The van der Waals surface area contributed by atoms with Gasteiger partial charge in [0.2, 0.25) is 30.1 Å². The van der Waals surface area contributed by atoms with E-state index in [1.165, 1.54) is 11.8 Å². The van der Waals surface area contributed by atoms with E-state index in [4.69, 9.17) is 43.6 Å². The quantitative estimate of drug-likeness (QED) is 0.0604. The molecule has 1 saturated heterocycles. The van der Waals surface area contributed by atoms with Gasteiger partial charge in [-0.05, 0) is 48.1 Å². The fraction of sp³-hybridized carbons (Fsp3) is 0.511. The van der Waals surface area contributed by atoms with Gasteiger partial charge in [0.25, 0.3) is 0 Å². The summed E-state index contributed by atoms with van der Waals surface area (Å²) in [5.74, 6) is -3.93. The van der Waals surface area contributed by atoms with Crippen LogP contribution in [-0.4, -0.2) is 132 Å². The van der Waals surface area contributed by atoms with Crippen LogP contribution < -0.4 is 20.5 Å². The summed E-state index contributed by atoms with van der Waals surface area (Å²) in [5.41, 5.74) is 9.05. The number of aromatic nitrogens is 2. The Balaban J connectivity index is 1.49. The van der Waals surface area contributed by atoms with Crippen molar-refractivity contribution >= 4 is 41.8 Å². The zero-order chi connectivity index (χ0) is 48.5. The summed E-state index contributed by atoms with van der Waals surface area (Å²) in [6.07, 6.45) is -7.17. The standard InChI is InChI=1S/C45H59N5O16/c1-25(2)38-34(43(49-48-38)66-44-41(64-30(7)55)40(63-29(6)54)39(62-28(5)53)36(65-44)24-60-27(4)52)21-32-14-15-33(20-26(32)3)59-19-11-17-50(18-16-37(56)47-35(22-51)42(46)57)45(58)61-23-31-12-9-8-10-13-31/h8-10,12-15,20,25,35-36,39-41,44,51H,11,16-19,21-24H2,1-7H3,(H2,46,57)(H,47,56)(H,48,49)/t35-,36+,39+,40-,41+,44-/m0/s1. The SMILES string of the molecule is CC(=O)OC[C@H]1O[C@@H](Oc2n[nH]c(C(C)C)c2Cc2ccc(OCCCN(CCC(=O)N[C@@H](CO)C(N)=O)C(=O)OCc3ccccc3)cc2C)[C@H](OC(C)=O)[C@@H](OC(C)=O)[C@@H]1OC(C)=O. The smallest absolute Gasteiger partial charge is 0.410 e. The molecule has 21 heteroatoms. The molecule has 0 spiro atoms. The molecule has 0 bridgehead atoms. The molecule has 1 aliphatic rings. The number of esters is 4. The molecule has 6 atom stereocenters. The first-order valence-corrected chi connectivity index (χ1v) is 21.3. The lowest BCUT2D eigenvalue weighted by Gasteiger charge is -2.43. The fourth-order valence-corrected chi connectivity index (χ4v) is 6.91. The zero-order valence-corrected chi connectivity index (χ0v) is 38.1. The number of aryl methyl sites for hydroxylation is 1. The number of aliphatic hydroxyl groups is 1. The molecule has 4 rings (SSSR count). The van der Waals surface area contributed by atoms with Crippen LogP contribution in [0.2, 0.25) is 0 Å². The van der Waals surface area contributed by atoms with Gasteiger partial charge < -0.3 is 59.0 Å². The van der Waals surface area contributed by atoms with Crippen molar-refractivity contribution in [1.29, 1.82) is 0 Å². The summed E-state index contributed by atoms with van der Waals surface area (Å²) in [5, 5.41) is 19.2. The third kappa shape index (κ3) is 15.8. The van der Waals surface area contributed by atoms with Crippen LogP contribution in [0.15, 0.2) is 48.5 Å². The number of carbonyl (C=O) groups excluding carboxylic acids is 7. The van der Waals surface area contributed by atoms with Gasteiger partial charge in [0.15, 0.2) is 12.2 Å². The van der Waals surface area contributed by atoms with Gasteiger partial charge in [-0.25, -0.2) is 4.79 Å². The minimum atomic E-state index is -1.50. The molecular weight excluding hydrogens is 867 g/mol. The number of nitrogens with zero attached hydrogens (tertiary/aromatic N) is 2. The van der Waals surface area contributed by atoms with Crippen LogP contribution in [0.5, 0.6) is 11.6 Å². The predicted molar refractivity (Wildman–Crippen MR) is 230 cm³/mol. The van der Waals surface area contributed by atoms with E-state index in [1.807, 2.05) is 63.2 Å². The molecule has 21 nitrogen and oxygen atoms in total. The molecule has 1 aromatic heterocycles. The van der Waals surface area contributed by atoms with Gasteiger partial charge in [0, 0.05) is 64.9 Å². The average Bonchev–Trinajstić information content (AvgIpc) is 3.65. The number of hydrogen-bond donors (Lipinski definition) is 4. The van der Waals surface area contributed by atoms with E-state index < -0.39 is 91.7 Å². The largest absolute Gasteiger partial charge is 0.494 e. The van der Waals surface area contributed by atoms with Crippen LogP contribution >= 0.6 is 0 Å². The number of nitrogens with one attached hydrogen (secondary N) is 2. The molecule has 5 N–H and O–H groups in total. The molecule has 0 unspecified atom stereocenters. The van der Waals surface area contributed by atoms with Gasteiger partial charge >= 0.3 is 30.0 Å². The summed E-state index contributed by atoms with van der Waals surface area (Å²) in [7, 11) is 0. The van der Waals surface area contributed by atoms with Crippen molar-refractivity contribution < 1.29 is 76.6 Å². The van der Waals surface area contributed by atoms with Crippen molar-refractivity contribution in [3.63, 3.8) is 0 Å². The lowest BCUT2D eigenvalue weighted by atomic mass is 9.96. The Hall–Kier alpha value is -6.74. The van der Waals surface area contributed by atoms with Crippen LogP contribution in [-0.2, 0) is 70.2 Å². The molecule has 1 fully saturated rings. The molecular formula is C45H59N5O16. The van der Waals surface area contributed by atoms with Crippen molar-refractivity contribution in [3.8, 4) is 11.6 Å². The van der Waals surface area contributed by atoms with Crippen LogP contribution in [0, 0.1) is 6.92 Å². The number of primary amides is 1. The Morgan fingerprint density at radius 1 is 0.879 bits per heavy atom. The molecule has 360 valence electrons. The Morgan fingerprint density at radius 3 is 2.15 bits per heavy atom. The minimum absolute atomic E-state index is 0.0136. The first-order valence-electron chi connectivity index (χ1n) is 21.3. The van der Waals surface area contributed by atoms with E-state index in [0.717, 1.165) is 43.2 Å². The maximum atomic E-state index is 13.1. The lowest BCUT2D eigenvalue weighted by molar-refractivity contribution is -0.289. The molecule has 3 amide bonds. The van der Waals surface area contributed by atoms with E-state index in [0.29, 0.717) is 24.2 Å². The normalized spacial score (nSPS) is 18.3. The second kappa shape index (κ2) is 25.1. The summed E-state index contributed by atoms with van der Waals surface area (Å²) in [6, 6.07) is 13.3. The van der Waals surface area contributed by atoms with E-state index in [-0.39, 0.29) is 44.5 Å². The predicted octanol–water partition coefficient (Wildman–Crippen LogP) is 2.65. The van der Waals surface area contributed by atoms with Gasteiger partial charge in [-0.2, -0.15) is 0 Å². The van der Waals surface area contributed by atoms with Crippen LogP contribution in [0.25, 0.3) is 0 Å². The number of hydrogen-bond acceptors (Lipinski definition) is 17. The van der Waals surface area contributed by atoms with Crippen molar-refractivity contribution in [2.24, 2.45) is 5.73 Å². The number of benzene rings is 2. The summed E-state index contributed by atoms with van der Waals surface area (Å²) in [4.78, 5) is 87.3. The third-order valence-corrected chi connectivity index (χ3v) is 10.1. The molecule has 1 aliphatic heterocycles. The van der Waals surface area contributed by atoms with Crippen molar-refractivity contribution in [2.75, 3.05) is 32.9 Å². The second-order valence-electron chi connectivity index (χ2n) is 15.7. The number of ether oxygens (including phenoxy) is 8. The van der Waals surface area contributed by atoms with Crippen molar-refractivity contribution in [1.82, 2.24) is 20.4 Å². The van der Waals surface area contributed by atoms with Crippen LogP contribution in [0.1, 0.15) is 88.2 Å². The molecule has 0 aliphatic carbocycles. The number of amides is 3. The summed E-state index contributed by atoms with van der Waals surface area (Å²) < 4.78 is 45.9. The highest BCUT2D eigenvalue weighted by Crippen LogP contribution is 2.35. The maximum Gasteiger partial charge on any atom is 0.410 e. The van der Waals surface area contributed by atoms with E-state index >= 15 is 0 Å². The van der Waals surface area contributed by atoms with E-state index in [1.54, 1.807) is 6.07 Å². The number of rotatable bonds is 23. The maximum absolute atomic E-state index is 13.1. The van der Waals surface area contributed by atoms with Crippen molar-refractivity contribution in [2.45, 2.75) is 117 Å². The second-order valence-corrected chi connectivity index (χ2v) is 15.7. The number of aromatic amines is 1. The zero-order valence-electron chi connectivity index (χ0n) is 38.1. The molecule has 0 radical (unpaired) electrons. The van der Waals surface area contributed by atoms with Crippen LogP contribution in [0.4, 0.5) is 4.79 Å². The number of nitrogens with two attached hydrogens (primary N) is 1. The Kier molecular flexibility index (Phi) is 19.7. The van der Waals surface area contributed by atoms with Gasteiger partial charge in [-0.15, -0.1) is 5.10 Å². The number of carbonyl (C=O) groups is 7. The minimum Gasteiger partial charge on any atom is -0.494 e. The van der Waals surface area contributed by atoms with E-state index in [9.17, 15) is 38.7 Å². The lowest BCUT2D eigenvalue weighted by Crippen LogP contribution is -2.63. The Bertz CT molecular complexity index is 2150. The summed E-state index contributed by atoms with van der Waals surface area (Å²) >= 11 is 0. The highest BCUT2D eigenvalue weighted by atomic mass is 16.7. The fourth-order valence-electron chi connectivity index (χ4n) is 6.91. The highest BCUT2D eigenvalue weighted by Gasteiger charge is 2.53. The number of aliphatic hydroxyl groups excluding tert-OH is 1. The van der Waals surface area contributed by atoms with Gasteiger partial charge in [-0.1, -0.05) is 50.2 Å². The first kappa shape index (κ1) is 51.9. The first-order chi connectivity index (χ1) is 31.4. The topological polar surface area (TPSA) is 284 Å².